The third-order valence-electron chi connectivity index (χ3n) is 9.23. The molecule has 0 radical (unpaired) electrons. The second-order valence-corrected chi connectivity index (χ2v) is 20.9. The van der Waals surface area contributed by atoms with Crippen LogP contribution >= 0.6 is 0 Å². The summed E-state index contributed by atoms with van der Waals surface area (Å²) >= 11 is 0. The van der Waals surface area contributed by atoms with Crippen LogP contribution in [0.15, 0.2) is 12.1 Å². The topological polar surface area (TPSA) is 88.6 Å². The number of piperidine rings is 1. The first-order valence-electron chi connectivity index (χ1n) is 16.7. The Bertz CT molecular complexity index is 1250. The molecule has 3 rings (SSSR count). The first-order valence-corrected chi connectivity index (χ1v) is 19.6. The molecular weight excluding hydrogens is 586 g/mol. The van der Waals surface area contributed by atoms with E-state index in [1.807, 2.05) is 58.6 Å². The minimum absolute atomic E-state index is 0.0923. The highest BCUT2D eigenvalue weighted by Gasteiger charge is 2.42. The molecule has 0 spiro atoms. The van der Waals surface area contributed by atoms with Crippen LogP contribution in [0.3, 0.4) is 0 Å². The molecule has 0 N–H and O–H groups in total. The van der Waals surface area contributed by atoms with Crippen molar-refractivity contribution in [1.82, 2.24) is 9.80 Å². The fraction of sp³-hybridized carbons (Fsp3) is 0.743. The Balaban J connectivity index is 1.85. The molecule has 254 valence electrons. The molecule has 0 unspecified atom stereocenters. The zero-order valence-electron chi connectivity index (χ0n) is 30.3. The summed E-state index contributed by atoms with van der Waals surface area (Å²) in [5, 5.41) is 0.145. The van der Waals surface area contributed by atoms with Crippen molar-refractivity contribution < 1.29 is 28.3 Å². The number of carbonyl (C=O) groups excluding carboxylic acids is 3. The first kappa shape index (κ1) is 36.9. The predicted molar refractivity (Wildman–Crippen MR) is 183 cm³/mol. The van der Waals surface area contributed by atoms with Crippen LogP contribution in [0.2, 0.25) is 18.1 Å². The summed E-state index contributed by atoms with van der Waals surface area (Å²) in [6.45, 7) is 28.5. The Hall–Kier alpha value is -2.59. The molecule has 1 saturated heterocycles. The minimum Gasteiger partial charge on any atom is -0.476 e. The van der Waals surface area contributed by atoms with Crippen LogP contribution in [0.5, 0.6) is 5.75 Å². The summed E-state index contributed by atoms with van der Waals surface area (Å²) in [6, 6.07) is 3.47. The average molecular weight is 646 g/mol. The molecule has 0 saturated carbocycles. The van der Waals surface area contributed by atoms with Gasteiger partial charge in [0, 0.05) is 37.8 Å². The van der Waals surface area contributed by atoms with Gasteiger partial charge in [-0.25, -0.2) is 4.79 Å². The van der Waals surface area contributed by atoms with Crippen molar-refractivity contribution in [2.45, 2.75) is 143 Å². The van der Waals surface area contributed by atoms with E-state index in [-0.39, 0.29) is 35.0 Å². The molecule has 1 atom stereocenters. The molecular formula is C35H59N3O6Si. The second kappa shape index (κ2) is 13.6. The van der Waals surface area contributed by atoms with E-state index in [0.717, 1.165) is 31.2 Å². The quantitative estimate of drug-likeness (QED) is 0.204. The van der Waals surface area contributed by atoms with Gasteiger partial charge in [-0.05, 0) is 117 Å². The van der Waals surface area contributed by atoms with Crippen molar-refractivity contribution in [3.05, 3.63) is 23.3 Å². The third kappa shape index (κ3) is 8.82. The number of carbonyl (C=O) groups is 3. The standard InChI is InChI=1S/C35H59N3O6Si/c1-24(2)38(26-17-16-18-36(23-26)32(41)44-33(4,5)6)30(39)27-22-28-29(21-25(27)3)43-35(10,11)31(40)37(28)19-14-15-20-42-45(12,13)34(7,8)9/h21-22,24,26H,14-20,23H2,1-13H3/t26-/m1/s1. The highest BCUT2D eigenvalue weighted by atomic mass is 28.4. The molecule has 3 amide bonds. The van der Waals surface area contributed by atoms with Crippen LogP contribution in [0.25, 0.3) is 0 Å². The second-order valence-electron chi connectivity index (χ2n) is 16.0. The molecule has 9 nitrogen and oxygen atoms in total. The average Bonchev–Trinajstić information content (AvgIpc) is 2.88. The van der Waals surface area contributed by atoms with E-state index >= 15 is 0 Å². The number of fused-ring (bicyclic) bond motifs is 1. The Kier molecular flexibility index (Phi) is 11.2. The normalized spacial score (nSPS) is 18.9. The van der Waals surface area contributed by atoms with E-state index in [0.29, 0.717) is 43.2 Å². The zero-order chi connectivity index (χ0) is 34.1. The highest BCUT2D eigenvalue weighted by Crippen LogP contribution is 2.41. The van der Waals surface area contributed by atoms with Crippen LogP contribution < -0.4 is 9.64 Å². The molecule has 2 aliphatic heterocycles. The lowest BCUT2D eigenvalue weighted by atomic mass is 9.97. The lowest BCUT2D eigenvalue weighted by Crippen LogP contribution is -2.55. The fourth-order valence-corrected chi connectivity index (χ4v) is 6.81. The van der Waals surface area contributed by atoms with Gasteiger partial charge in [-0.2, -0.15) is 0 Å². The summed E-state index contributed by atoms with van der Waals surface area (Å²) in [5.74, 6) is 0.376. The fourth-order valence-electron chi connectivity index (χ4n) is 5.72. The molecule has 2 heterocycles. The van der Waals surface area contributed by atoms with Crippen LogP contribution in [0.4, 0.5) is 10.5 Å². The van der Waals surface area contributed by atoms with Gasteiger partial charge in [0.1, 0.15) is 11.4 Å². The van der Waals surface area contributed by atoms with Crippen molar-refractivity contribution in [1.29, 1.82) is 0 Å². The number of rotatable bonds is 9. The SMILES string of the molecule is Cc1cc2c(cc1C(=O)N(C(C)C)[C@@H]1CCCN(C(=O)OC(C)(C)C)C1)N(CCCCO[Si](C)(C)C(C)(C)C)C(=O)C(C)(C)O2. The summed E-state index contributed by atoms with van der Waals surface area (Å²) < 4.78 is 18.2. The van der Waals surface area contributed by atoms with Crippen molar-refractivity contribution in [2.24, 2.45) is 0 Å². The van der Waals surface area contributed by atoms with Gasteiger partial charge in [-0.3, -0.25) is 9.59 Å². The van der Waals surface area contributed by atoms with E-state index in [1.165, 1.54) is 0 Å². The maximum atomic E-state index is 14.3. The molecule has 1 fully saturated rings. The zero-order valence-corrected chi connectivity index (χ0v) is 31.3. The number of benzene rings is 1. The van der Waals surface area contributed by atoms with Gasteiger partial charge in [0.25, 0.3) is 11.8 Å². The molecule has 1 aromatic rings. The number of likely N-dealkylation sites (tertiary alicyclic amines) is 1. The summed E-state index contributed by atoms with van der Waals surface area (Å²) in [7, 11) is -1.84. The Morgan fingerprint density at radius 2 is 1.76 bits per heavy atom. The van der Waals surface area contributed by atoms with Crippen molar-refractivity contribution in [2.75, 3.05) is 31.1 Å². The summed E-state index contributed by atoms with van der Waals surface area (Å²) in [5.41, 5.74) is 0.354. The van der Waals surface area contributed by atoms with Crippen LogP contribution in [-0.2, 0) is 14.0 Å². The number of hydrogen-bond donors (Lipinski definition) is 0. The molecule has 0 bridgehead atoms. The van der Waals surface area contributed by atoms with Crippen molar-refractivity contribution in [3.63, 3.8) is 0 Å². The molecule has 1 aromatic carbocycles. The lowest BCUT2D eigenvalue weighted by Gasteiger charge is -2.42. The maximum Gasteiger partial charge on any atom is 0.410 e. The van der Waals surface area contributed by atoms with Crippen molar-refractivity contribution in [3.8, 4) is 5.75 Å². The van der Waals surface area contributed by atoms with Gasteiger partial charge in [-0.15, -0.1) is 0 Å². The van der Waals surface area contributed by atoms with Crippen LogP contribution in [0, 0.1) is 6.92 Å². The van der Waals surface area contributed by atoms with Gasteiger partial charge in [0.05, 0.1) is 11.7 Å². The number of hydrogen-bond acceptors (Lipinski definition) is 6. The van der Waals surface area contributed by atoms with Gasteiger partial charge in [0.15, 0.2) is 13.9 Å². The van der Waals surface area contributed by atoms with E-state index < -0.39 is 19.5 Å². The summed E-state index contributed by atoms with van der Waals surface area (Å²) in [4.78, 5) is 46.3. The van der Waals surface area contributed by atoms with Gasteiger partial charge >= 0.3 is 6.09 Å². The maximum absolute atomic E-state index is 14.3. The number of nitrogens with zero attached hydrogens (tertiary/aromatic N) is 3. The van der Waals surface area contributed by atoms with Crippen molar-refractivity contribution >= 4 is 31.9 Å². The van der Waals surface area contributed by atoms with Gasteiger partial charge in [0.2, 0.25) is 0 Å². The third-order valence-corrected chi connectivity index (χ3v) is 13.8. The highest BCUT2D eigenvalue weighted by molar-refractivity contribution is 6.74. The van der Waals surface area contributed by atoms with E-state index in [4.69, 9.17) is 13.9 Å². The molecule has 0 aromatic heterocycles. The van der Waals surface area contributed by atoms with E-state index in [2.05, 4.69) is 33.9 Å². The Morgan fingerprint density at radius 3 is 2.33 bits per heavy atom. The molecule has 10 heteroatoms. The summed E-state index contributed by atoms with van der Waals surface area (Å²) in [6.07, 6.45) is 2.84. The van der Waals surface area contributed by atoms with E-state index in [9.17, 15) is 14.4 Å². The van der Waals surface area contributed by atoms with Crippen LogP contribution in [0.1, 0.15) is 111 Å². The first-order chi connectivity index (χ1) is 20.6. The molecule has 2 aliphatic rings. The number of amides is 3. The van der Waals surface area contributed by atoms with Crippen LogP contribution in [-0.4, -0.2) is 85.6 Å². The number of anilines is 1. The number of aryl methyl sites for hydroxylation is 1. The Labute approximate surface area is 273 Å². The smallest absolute Gasteiger partial charge is 0.410 e. The van der Waals surface area contributed by atoms with Gasteiger partial charge in [-0.1, -0.05) is 20.8 Å². The Morgan fingerprint density at radius 1 is 1.11 bits per heavy atom. The number of ether oxygens (including phenoxy) is 2. The monoisotopic (exact) mass is 645 g/mol. The lowest BCUT2D eigenvalue weighted by molar-refractivity contribution is -0.132. The number of unbranched alkanes of at least 4 members (excludes halogenated alkanes) is 1. The minimum atomic E-state index is -1.84. The van der Waals surface area contributed by atoms with E-state index in [1.54, 1.807) is 23.6 Å². The predicted octanol–water partition coefficient (Wildman–Crippen LogP) is 7.55. The van der Waals surface area contributed by atoms with Gasteiger partial charge < -0.3 is 28.6 Å². The molecule has 0 aliphatic carbocycles. The largest absolute Gasteiger partial charge is 0.476 e. The molecule has 45 heavy (non-hydrogen) atoms.